The molecular formula is C12H14N2O6S2. The van der Waals surface area contributed by atoms with Gasteiger partial charge in [0.1, 0.15) is 11.6 Å². The molecule has 0 bridgehead atoms. The standard InChI is InChI=1S/C12H14N2O6S2/c1-12(2,9(13)11(17)18)22-21-6-3-4-8(14(19)20)7(5-6)10(15)16/h3-5,9H,13H2,1-2H3,(H,15,16)(H,17,18)/t9-/m1/s1/i1D3,2D3. The predicted octanol–water partition coefficient (Wildman–Crippen LogP) is 2.22. The first-order chi connectivity index (χ1) is 12.6. The summed E-state index contributed by atoms with van der Waals surface area (Å²) in [6, 6.07) is 0.476. The Bertz CT molecular complexity index is 786. The van der Waals surface area contributed by atoms with Crippen molar-refractivity contribution < 1.29 is 32.9 Å². The van der Waals surface area contributed by atoms with Gasteiger partial charge in [-0.05, 0) is 25.8 Å². The molecule has 120 valence electrons. The lowest BCUT2D eigenvalue weighted by atomic mass is 10.1. The Morgan fingerprint density at radius 2 is 2.09 bits per heavy atom. The summed E-state index contributed by atoms with van der Waals surface area (Å²) >= 11 is 0. The van der Waals surface area contributed by atoms with Crippen molar-refractivity contribution in [2.45, 2.75) is 29.4 Å². The van der Waals surface area contributed by atoms with Gasteiger partial charge in [-0.25, -0.2) is 4.79 Å². The van der Waals surface area contributed by atoms with Crippen molar-refractivity contribution in [3.8, 4) is 0 Å². The molecule has 22 heavy (non-hydrogen) atoms. The zero-order chi connectivity index (χ0) is 22.1. The summed E-state index contributed by atoms with van der Waals surface area (Å²) < 4.78 is 42.6. The second-order valence-electron chi connectivity index (χ2n) is 3.96. The molecule has 10 heteroatoms. The number of aromatic carboxylic acids is 1. The van der Waals surface area contributed by atoms with Gasteiger partial charge in [-0.15, -0.1) is 0 Å². The van der Waals surface area contributed by atoms with Gasteiger partial charge >= 0.3 is 11.9 Å². The molecule has 0 aliphatic carbocycles. The first kappa shape index (κ1) is 10.9. The second-order valence-corrected chi connectivity index (χ2v) is 6.41. The number of nitrogens with two attached hydrogens (primary N) is 1. The van der Waals surface area contributed by atoms with E-state index in [2.05, 4.69) is 0 Å². The van der Waals surface area contributed by atoms with Crippen LogP contribution in [0.3, 0.4) is 0 Å². The average molecular weight is 352 g/mol. The van der Waals surface area contributed by atoms with E-state index in [1.165, 1.54) is 0 Å². The third kappa shape index (κ3) is 4.36. The van der Waals surface area contributed by atoms with E-state index in [0.29, 0.717) is 10.8 Å². The lowest BCUT2D eigenvalue weighted by Gasteiger charge is -2.27. The number of aliphatic carboxylic acids is 1. The van der Waals surface area contributed by atoms with Gasteiger partial charge in [0.2, 0.25) is 0 Å². The van der Waals surface area contributed by atoms with Crippen molar-refractivity contribution in [1.82, 2.24) is 0 Å². The summed E-state index contributed by atoms with van der Waals surface area (Å²) in [5.41, 5.74) is 4.01. The maximum atomic E-state index is 11.3. The molecule has 0 aromatic heterocycles. The highest BCUT2D eigenvalue weighted by Crippen LogP contribution is 2.43. The predicted molar refractivity (Wildman–Crippen MR) is 83.2 cm³/mol. The summed E-state index contributed by atoms with van der Waals surface area (Å²) in [6.45, 7) is -6.69. The fourth-order valence-corrected chi connectivity index (χ4v) is 3.26. The van der Waals surface area contributed by atoms with Crippen LogP contribution in [-0.4, -0.2) is 37.9 Å². The fourth-order valence-electron chi connectivity index (χ4n) is 1.24. The number of nitro benzene ring substituents is 1. The minimum atomic E-state index is -3.34. The highest BCUT2D eigenvalue weighted by atomic mass is 33.1. The van der Waals surface area contributed by atoms with Crippen LogP contribution >= 0.6 is 21.6 Å². The molecule has 0 heterocycles. The topological polar surface area (TPSA) is 144 Å². The zero-order valence-corrected chi connectivity index (χ0v) is 12.3. The van der Waals surface area contributed by atoms with Gasteiger partial charge in [0.25, 0.3) is 5.69 Å². The molecule has 1 aromatic carbocycles. The minimum absolute atomic E-state index is 0.0385. The zero-order valence-electron chi connectivity index (χ0n) is 16.7. The number of hydrogen-bond donors (Lipinski definition) is 3. The van der Waals surface area contributed by atoms with E-state index in [0.717, 1.165) is 18.2 Å². The molecule has 1 aromatic rings. The number of carboxylic acids is 2. The van der Waals surface area contributed by atoms with Crippen molar-refractivity contribution in [3.63, 3.8) is 0 Å². The highest BCUT2D eigenvalue weighted by Gasteiger charge is 2.33. The molecule has 0 aliphatic heterocycles. The van der Waals surface area contributed by atoms with E-state index in [9.17, 15) is 19.7 Å². The Labute approximate surface area is 142 Å². The van der Waals surface area contributed by atoms with Gasteiger partial charge < -0.3 is 15.9 Å². The van der Waals surface area contributed by atoms with Gasteiger partial charge in [-0.1, -0.05) is 21.6 Å². The normalized spacial score (nSPS) is 17.9. The van der Waals surface area contributed by atoms with E-state index in [1.807, 2.05) is 0 Å². The van der Waals surface area contributed by atoms with Gasteiger partial charge in [0.15, 0.2) is 0 Å². The molecule has 8 nitrogen and oxygen atoms in total. The summed E-state index contributed by atoms with van der Waals surface area (Å²) in [6.07, 6.45) is 0. The van der Waals surface area contributed by atoms with Crippen LogP contribution in [0.2, 0.25) is 0 Å². The summed E-state index contributed by atoms with van der Waals surface area (Å²) in [5, 5.41) is 29.1. The van der Waals surface area contributed by atoms with Crippen LogP contribution in [0.1, 0.15) is 32.3 Å². The number of nitro groups is 1. The minimum Gasteiger partial charge on any atom is -0.480 e. The van der Waals surface area contributed by atoms with Crippen LogP contribution in [0.25, 0.3) is 0 Å². The van der Waals surface area contributed by atoms with Crippen LogP contribution in [0.5, 0.6) is 0 Å². The van der Waals surface area contributed by atoms with Crippen molar-refractivity contribution in [2.24, 2.45) is 5.73 Å². The van der Waals surface area contributed by atoms with E-state index < -0.39 is 52.6 Å². The Kier molecular flexibility index (Phi) is 3.45. The Hall–Kier alpha value is -1.78. The van der Waals surface area contributed by atoms with E-state index in [1.54, 1.807) is 0 Å². The summed E-state index contributed by atoms with van der Waals surface area (Å²) in [4.78, 5) is 32.4. The van der Waals surface area contributed by atoms with Crippen molar-refractivity contribution in [3.05, 3.63) is 33.9 Å². The summed E-state index contributed by atoms with van der Waals surface area (Å²) in [7, 11) is 0.576. The average Bonchev–Trinajstić information content (AvgIpc) is 2.51. The van der Waals surface area contributed by atoms with E-state index in [4.69, 9.17) is 24.2 Å². The molecule has 4 N–H and O–H groups in total. The Balaban J connectivity index is 3.44. The van der Waals surface area contributed by atoms with Gasteiger partial charge in [-0.3, -0.25) is 14.9 Å². The van der Waals surface area contributed by atoms with Crippen molar-refractivity contribution in [2.75, 3.05) is 0 Å². The van der Waals surface area contributed by atoms with Crippen LogP contribution in [0.15, 0.2) is 23.1 Å². The highest BCUT2D eigenvalue weighted by molar-refractivity contribution is 8.77. The lowest BCUT2D eigenvalue weighted by molar-refractivity contribution is -0.385. The molecule has 0 aliphatic rings. The van der Waals surface area contributed by atoms with Gasteiger partial charge in [0, 0.05) is 23.9 Å². The smallest absolute Gasteiger partial charge is 0.342 e. The van der Waals surface area contributed by atoms with Crippen LogP contribution in [0.4, 0.5) is 5.69 Å². The number of rotatable bonds is 7. The number of nitrogens with zero attached hydrogens (tertiary/aromatic N) is 1. The Morgan fingerprint density at radius 1 is 1.45 bits per heavy atom. The third-order valence-electron chi connectivity index (χ3n) is 2.37. The molecule has 1 atom stereocenters. The molecule has 0 saturated carbocycles. The van der Waals surface area contributed by atoms with E-state index in [-0.39, 0.29) is 15.7 Å². The second kappa shape index (κ2) is 6.99. The molecule has 0 amide bonds. The molecule has 0 saturated heterocycles. The molecule has 0 radical (unpaired) electrons. The number of hydrogen-bond acceptors (Lipinski definition) is 7. The number of carboxylic acid groups (broad SMARTS) is 2. The van der Waals surface area contributed by atoms with Crippen molar-refractivity contribution >= 4 is 39.2 Å². The van der Waals surface area contributed by atoms with Crippen LogP contribution < -0.4 is 5.73 Å². The van der Waals surface area contributed by atoms with Gasteiger partial charge in [-0.2, -0.15) is 0 Å². The largest absolute Gasteiger partial charge is 0.480 e. The molecular weight excluding hydrogens is 332 g/mol. The quantitative estimate of drug-likeness (QED) is 0.382. The Morgan fingerprint density at radius 3 is 2.55 bits per heavy atom. The number of benzene rings is 1. The molecule has 0 spiro atoms. The first-order valence-electron chi connectivity index (χ1n) is 8.42. The van der Waals surface area contributed by atoms with Crippen LogP contribution in [0, 0.1) is 10.1 Å². The first-order valence-corrected chi connectivity index (χ1v) is 7.57. The molecule has 0 unspecified atom stereocenters. The maximum absolute atomic E-state index is 11.3. The van der Waals surface area contributed by atoms with Gasteiger partial charge in [0.05, 0.1) is 4.92 Å². The van der Waals surface area contributed by atoms with Crippen LogP contribution in [-0.2, 0) is 4.79 Å². The molecule has 0 fully saturated rings. The SMILES string of the molecule is [2H]C([2H])([2H])C(SSc1ccc([N+](=O)[O-])c(C(=O)O)c1)([C@H](N)C(=O)O)C([2H])([2H])[2H]. The van der Waals surface area contributed by atoms with Crippen molar-refractivity contribution in [1.29, 1.82) is 0 Å². The van der Waals surface area contributed by atoms with E-state index >= 15 is 0 Å². The maximum Gasteiger partial charge on any atom is 0.342 e. The third-order valence-corrected chi connectivity index (χ3v) is 5.03. The molecule has 1 rings (SSSR count). The number of carbonyl (C=O) groups is 2. The lowest BCUT2D eigenvalue weighted by Crippen LogP contribution is -2.46. The monoisotopic (exact) mass is 352 g/mol. The summed E-state index contributed by atoms with van der Waals surface area (Å²) in [5.74, 6) is -3.48. The fraction of sp³-hybridized carbons (Fsp3) is 0.333.